The molecule has 0 aromatic heterocycles. The summed E-state index contributed by atoms with van der Waals surface area (Å²) in [4.78, 5) is 0. The first kappa shape index (κ1) is 17.8. The Morgan fingerprint density at radius 2 is 2.05 bits per heavy atom. The Morgan fingerprint density at radius 1 is 1.29 bits per heavy atom. The fourth-order valence-corrected chi connectivity index (χ4v) is 6.01. The number of hydrogen-bond donors (Lipinski definition) is 1. The van der Waals surface area contributed by atoms with Crippen LogP contribution in [0.15, 0.2) is 18.2 Å². The Morgan fingerprint density at radius 3 is 2.76 bits per heavy atom. The molecule has 3 unspecified atom stereocenters. The van der Waals surface area contributed by atoms with Crippen molar-refractivity contribution in [3.05, 3.63) is 33.8 Å². The number of rotatable bonds is 6. The van der Waals surface area contributed by atoms with Crippen molar-refractivity contribution in [3.63, 3.8) is 0 Å². The monoisotopic (exact) mass is 363 g/mol. The van der Waals surface area contributed by atoms with Crippen LogP contribution < -0.4 is 5.32 Å². The van der Waals surface area contributed by atoms with Gasteiger partial charge in [-0.25, -0.2) is 0 Å². The van der Waals surface area contributed by atoms with Crippen LogP contribution in [-0.4, -0.2) is 34.6 Å². The first-order valence-corrected chi connectivity index (χ1v) is 10.4. The lowest BCUT2D eigenvalue weighted by molar-refractivity contribution is 0.487. The van der Waals surface area contributed by atoms with E-state index in [4.69, 9.17) is 23.2 Å². The van der Waals surface area contributed by atoms with Gasteiger partial charge in [-0.05, 0) is 43.1 Å². The van der Waals surface area contributed by atoms with Crippen molar-refractivity contribution in [2.75, 3.05) is 18.1 Å². The molecule has 1 fully saturated rings. The molecule has 0 aliphatic carbocycles. The third kappa shape index (κ3) is 5.24. The van der Waals surface area contributed by atoms with Crippen molar-refractivity contribution in [3.8, 4) is 0 Å². The van der Waals surface area contributed by atoms with E-state index in [2.05, 4.69) is 42.7 Å². The van der Waals surface area contributed by atoms with Crippen molar-refractivity contribution in [2.45, 2.75) is 43.2 Å². The highest BCUT2D eigenvalue weighted by molar-refractivity contribution is 8.07. The largest absolute Gasteiger partial charge is 0.313 e. The zero-order valence-corrected chi connectivity index (χ0v) is 15.7. The highest BCUT2D eigenvalue weighted by atomic mass is 35.5. The molecule has 21 heavy (non-hydrogen) atoms. The van der Waals surface area contributed by atoms with E-state index in [1.807, 2.05) is 18.2 Å². The second-order valence-electron chi connectivity index (χ2n) is 5.41. The molecule has 1 nitrogen and oxygen atoms in total. The number of halogens is 2. The van der Waals surface area contributed by atoms with Crippen LogP contribution in [0.4, 0.5) is 0 Å². The van der Waals surface area contributed by atoms with Crippen LogP contribution in [0.3, 0.4) is 0 Å². The molecule has 1 aliphatic rings. The standard InChI is InChI=1S/C16H23Cl2NS2/c1-3-6-19-15(16-11(2)20-7-8-21-16)10-12-9-13(17)4-5-14(12)18/h4-5,9,11,15-16,19H,3,6-8,10H2,1-2H3. The van der Waals surface area contributed by atoms with Crippen molar-refractivity contribution in [1.29, 1.82) is 0 Å². The van der Waals surface area contributed by atoms with E-state index in [1.165, 1.54) is 11.5 Å². The quantitative estimate of drug-likeness (QED) is 0.751. The number of thioether (sulfide) groups is 2. The van der Waals surface area contributed by atoms with Gasteiger partial charge in [0.05, 0.1) is 0 Å². The van der Waals surface area contributed by atoms with Crippen molar-refractivity contribution < 1.29 is 0 Å². The summed E-state index contributed by atoms with van der Waals surface area (Å²) in [6.07, 6.45) is 2.10. The molecule has 0 radical (unpaired) electrons. The molecule has 5 heteroatoms. The average molecular weight is 364 g/mol. The van der Waals surface area contributed by atoms with Crippen LogP contribution in [0.5, 0.6) is 0 Å². The number of benzene rings is 1. The van der Waals surface area contributed by atoms with Crippen molar-refractivity contribution in [1.82, 2.24) is 5.32 Å². The maximum Gasteiger partial charge on any atom is 0.0439 e. The second-order valence-corrected chi connectivity index (χ2v) is 9.03. The Kier molecular flexibility index (Phi) is 7.57. The Balaban J connectivity index is 2.13. The lowest BCUT2D eigenvalue weighted by atomic mass is 10.0. The normalized spacial score (nSPS) is 24.0. The molecule has 0 bridgehead atoms. The van der Waals surface area contributed by atoms with E-state index in [1.54, 1.807) is 0 Å². The average Bonchev–Trinajstić information content (AvgIpc) is 2.48. The summed E-state index contributed by atoms with van der Waals surface area (Å²) in [7, 11) is 0. The Hall–Kier alpha value is 0.460. The summed E-state index contributed by atoms with van der Waals surface area (Å²) in [6, 6.07) is 6.22. The summed E-state index contributed by atoms with van der Waals surface area (Å²) >= 11 is 16.7. The van der Waals surface area contributed by atoms with Crippen LogP contribution >= 0.6 is 46.7 Å². The van der Waals surface area contributed by atoms with E-state index in [0.29, 0.717) is 16.5 Å². The molecule has 1 saturated heterocycles. The van der Waals surface area contributed by atoms with Gasteiger partial charge in [0.25, 0.3) is 0 Å². The molecule has 0 saturated carbocycles. The lowest BCUT2D eigenvalue weighted by Crippen LogP contribution is -2.46. The molecule has 0 spiro atoms. The van der Waals surface area contributed by atoms with Gasteiger partial charge in [0, 0.05) is 38.1 Å². The predicted molar refractivity (Wildman–Crippen MR) is 100 cm³/mol. The topological polar surface area (TPSA) is 12.0 Å². The van der Waals surface area contributed by atoms with Gasteiger partial charge in [0.15, 0.2) is 0 Å². The summed E-state index contributed by atoms with van der Waals surface area (Å²) in [6.45, 7) is 5.61. The summed E-state index contributed by atoms with van der Waals surface area (Å²) in [5, 5.41) is 6.62. The van der Waals surface area contributed by atoms with E-state index < -0.39 is 0 Å². The van der Waals surface area contributed by atoms with E-state index in [9.17, 15) is 0 Å². The molecule has 2 rings (SSSR count). The van der Waals surface area contributed by atoms with Gasteiger partial charge >= 0.3 is 0 Å². The minimum Gasteiger partial charge on any atom is -0.313 e. The molecule has 118 valence electrons. The minimum absolute atomic E-state index is 0.453. The van der Waals surface area contributed by atoms with E-state index in [-0.39, 0.29) is 0 Å². The van der Waals surface area contributed by atoms with Gasteiger partial charge in [0.2, 0.25) is 0 Å². The third-order valence-corrected chi connectivity index (χ3v) is 7.59. The highest BCUT2D eigenvalue weighted by Crippen LogP contribution is 2.35. The van der Waals surface area contributed by atoms with Crippen LogP contribution in [0.1, 0.15) is 25.8 Å². The van der Waals surface area contributed by atoms with Crippen LogP contribution in [0, 0.1) is 0 Å². The molecule has 0 amide bonds. The fraction of sp³-hybridized carbons (Fsp3) is 0.625. The first-order chi connectivity index (χ1) is 10.1. The fourth-order valence-electron chi connectivity index (χ4n) is 2.66. The Labute approximate surface area is 146 Å². The second kappa shape index (κ2) is 8.93. The summed E-state index contributed by atoms with van der Waals surface area (Å²) < 4.78 is 0. The van der Waals surface area contributed by atoms with E-state index in [0.717, 1.165) is 35.0 Å². The highest BCUT2D eigenvalue weighted by Gasteiger charge is 2.30. The molecular formula is C16H23Cl2NS2. The van der Waals surface area contributed by atoms with Crippen molar-refractivity contribution in [2.24, 2.45) is 0 Å². The third-order valence-electron chi connectivity index (χ3n) is 3.74. The molecule has 1 aromatic carbocycles. The summed E-state index contributed by atoms with van der Waals surface area (Å²) in [5.41, 5.74) is 1.15. The lowest BCUT2D eigenvalue weighted by Gasteiger charge is -2.35. The van der Waals surface area contributed by atoms with Gasteiger partial charge in [-0.1, -0.05) is 37.0 Å². The number of nitrogens with one attached hydrogen (secondary N) is 1. The zero-order chi connectivity index (χ0) is 15.2. The van der Waals surface area contributed by atoms with Gasteiger partial charge in [-0.3, -0.25) is 0 Å². The molecule has 1 heterocycles. The van der Waals surface area contributed by atoms with Crippen LogP contribution in [-0.2, 0) is 6.42 Å². The van der Waals surface area contributed by atoms with Crippen LogP contribution in [0.2, 0.25) is 10.0 Å². The zero-order valence-electron chi connectivity index (χ0n) is 12.6. The molecule has 1 aromatic rings. The number of hydrogen-bond acceptors (Lipinski definition) is 3. The van der Waals surface area contributed by atoms with Gasteiger partial charge < -0.3 is 5.32 Å². The SMILES string of the molecule is CCCNC(Cc1cc(Cl)ccc1Cl)C1SCCSC1C. The van der Waals surface area contributed by atoms with E-state index >= 15 is 0 Å². The van der Waals surface area contributed by atoms with Gasteiger partial charge in [0.1, 0.15) is 0 Å². The summed E-state index contributed by atoms with van der Waals surface area (Å²) in [5.74, 6) is 2.51. The van der Waals surface area contributed by atoms with Crippen molar-refractivity contribution >= 4 is 46.7 Å². The van der Waals surface area contributed by atoms with Crippen LogP contribution in [0.25, 0.3) is 0 Å². The molecular weight excluding hydrogens is 341 g/mol. The first-order valence-electron chi connectivity index (χ1n) is 7.52. The molecule has 3 atom stereocenters. The Bertz CT molecular complexity index is 456. The maximum atomic E-state index is 6.35. The smallest absolute Gasteiger partial charge is 0.0439 e. The van der Waals surface area contributed by atoms with Gasteiger partial charge in [-0.15, -0.1) is 0 Å². The van der Waals surface area contributed by atoms with Gasteiger partial charge in [-0.2, -0.15) is 23.5 Å². The minimum atomic E-state index is 0.453. The molecule has 1 N–H and O–H groups in total. The maximum absolute atomic E-state index is 6.35. The predicted octanol–water partition coefficient (Wildman–Crippen LogP) is 5.14. The molecule has 1 aliphatic heterocycles.